The minimum Gasteiger partial charge on any atom is -0.457 e. The number of hydrogen-bond donors (Lipinski definition) is 0. The number of aromatic nitrogens is 3. The van der Waals surface area contributed by atoms with Crippen LogP contribution in [0.1, 0.15) is 91.1 Å². The zero-order chi connectivity index (χ0) is 60.5. The van der Waals surface area contributed by atoms with Gasteiger partial charge in [0.1, 0.15) is 24.0 Å². The van der Waals surface area contributed by atoms with Crippen molar-refractivity contribution in [3.05, 3.63) is 229 Å². The third kappa shape index (κ3) is 8.28. The van der Waals surface area contributed by atoms with E-state index in [1.54, 1.807) is 0 Å². The first-order valence-electron chi connectivity index (χ1n) is 30.9. The molecule has 12 aromatic rings. The molecule has 0 N–H and O–H groups in total. The predicted molar refractivity (Wildman–Crippen MR) is 326 cm³/mol. The van der Waals surface area contributed by atoms with Gasteiger partial charge >= 0.3 is 0 Å². The number of fused-ring (bicyclic) bond motifs is 10. The highest BCUT2D eigenvalue weighted by molar-refractivity contribution is 6.22. The lowest BCUT2D eigenvalue weighted by atomic mass is 9.78. The van der Waals surface area contributed by atoms with Crippen LogP contribution in [0, 0.1) is 0 Å². The van der Waals surface area contributed by atoms with E-state index in [1.165, 1.54) is 17.7 Å². The van der Waals surface area contributed by atoms with Crippen LogP contribution in [0.15, 0.2) is 212 Å². The zero-order valence-corrected chi connectivity index (χ0v) is 44.1. The Morgan fingerprint density at radius 2 is 1.04 bits per heavy atom. The van der Waals surface area contributed by atoms with E-state index in [2.05, 4.69) is 174 Å². The second kappa shape index (κ2) is 18.0. The standard InChI is InChI=1S/C72H64N4O/c1-70(2,3)48-37-38-73-66(42-48)76-63-33-19-29-54(46-21-11-10-12-22-46)67(63)62-36-35-53(44-65(62)76)77-52-24-17-23-51(43-52)74-45-75-68-55(47-39-49(71(4,5)6)41-50(40-47)72(7,8)9)30-18-31-60(68)58-27-15-13-25-56(58)57-26-14-16-28-59(57)61-32-20-34-64(74)69(61)75/h10-44H,45H2,1-9H3/i4D3,5D3,6D3. The van der Waals surface area contributed by atoms with Crippen LogP contribution >= 0.6 is 0 Å². The van der Waals surface area contributed by atoms with Crippen molar-refractivity contribution in [2.75, 3.05) is 4.90 Å². The summed E-state index contributed by atoms with van der Waals surface area (Å²) < 4.78 is 91.0. The molecule has 0 saturated heterocycles. The number of rotatable bonds is 6. The number of benzene rings is 9. The molecule has 5 heteroatoms. The summed E-state index contributed by atoms with van der Waals surface area (Å²) in [7, 11) is 0. The predicted octanol–water partition coefficient (Wildman–Crippen LogP) is 19.8. The molecular weight excluding hydrogens is 937 g/mol. The SMILES string of the molecule is [2H]C([2H])([2H])C(c1cc(-c2cccc3c4ccccc4c4ccccc4c4cccc5c4n(c23)CN5c2cccc(Oc3ccc4c5c(-c6ccccc6)cccc5n(-c5cc(C(C)(C)C)ccn5)c4c3)c2)cc(C(C)(C)C)c1)(C([2H])([2H])[2H])C([2H])([2H])[2H]. The molecule has 0 amide bonds. The van der Waals surface area contributed by atoms with Gasteiger partial charge in [-0.2, -0.15) is 0 Å². The van der Waals surface area contributed by atoms with Gasteiger partial charge in [-0.15, -0.1) is 0 Å². The maximum Gasteiger partial charge on any atom is 0.137 e. The molecule has 0 fully saturated rings. The van der Waals surface area contributed by atoms with Crippen LogP contribution in [0.2, 0.25) is 0 Å². The van der Waals surface area contributed by atoms with Gasteiger partial charge in [-0.3, -0.25) is 4.57 Å². The van der Waals surface area contributed by atoms with Gasteiger partial charge in [0.2, 0.25) is 0 Å². The van der Waals surface area contributed by atoms with Crippen LogP contribution < -0.4 is 9.64 Å². The monoisotopic (exact) mass is 1010 g/mol. The van der Waals surface area contributed by atoms with Crippen molar-refractivity contribution in [2.24, 2.45) is 0 Å². The van der Waals surface area contributed by atoms with Crippen LogP contribution in [0.5, 0.6) is 11.5 Å². The molecule has 0 aliphatic carbocycles. The minimum absolute atomic E-state index is 0.110. The third-order valence-corrected chi connectivity index (χ3v) is 15.5. The second-order valence-electron chi connectivity index (χ2n) is 22.6. The number of pyridine rings is 1. The van der Waals surface area contributed by atoms with Crippen molar-refractivity contribution in [1.82, 2.24) is 14.1 Å². The van der Waals surface area contributed by atoms with E-state index < -0.39 is 31.4 Å². The van der Waals surface area contributed by atoms with Gasteiger partial charge in [0.05, 0.1) is 27.8 Å². The van der Waals surface area contributed by atoms with E-state index in [4.69, 9.17) is 22.1 Å². The summed E-state index contributed by atoms with van der Waals surface area (Å²) in [6.45, 7) is 2.38. The molecule has 0 saturated carbocycles. The number of para-hydroxylation sites is 2. The second-order valence-corrected chi connectivity index (χ2v) is 22.6. The molecule has 0 spiro atoms. The summed E-state index contributed by atoms with van der Waals surface area (Å²) in [5, 5.41) is 8.03. The van der Waals surface area contributed by atoms with Crippen LogP contribution in [-0.4, -0.2) is 14.1 Å². The molecule has 0 atom stereocenters. The highest BCUT2D eigenvalue weighted by Gasteiger charge is 2.28. The fraction of sp³-hybridized carbons (Fsp3) is 0.181. The van der Waals surface area contributed by atoms with Crippen molar-refractivity contribution < 1.29 is 17.1 Å². The van der Waals surface area contributed by atoms with Gasteiger partial charge in [-0.25, -0.2) is 4.98 Å². The van der Waals surface area contributed by atoms with E-state index in [1.807, 2.05) is 81.6 Å². The van der Waals surface area contributed by atoms with Gasteiger partial charge < -0.3 is 14.2 Å². The summed E-state index contributed by atoms with van der Waals surface area (Å²) in [6.07, 6.45) is 1.89. The number of ether oxygens (including phenoxy) is 1. The maximum absolute atomic E-state index is 8.83. The van der Waals surface area contributed by atoms with Crippen molar-refractivity contribution in [2.45, 2.75) is 85.0 Å². The lowest BCUT2D eigenvalue weighted by Gasteiger charge is -2.27. The Labute approximate surface area is 464 Å². The molecule has 77 heavy (non-hydrogen) atoms. The summed E-state index contributed by atoms with van der Waals surface area (Å²) in [4.78, 5) is 7.26. The Morgan fingerprint density at radius 3 is 1.74 bits per heavy atom. The normalized spacial score (nSPS) is 15.1. The van der Waals surface area contributed by atoms with Crippen LogP contribution in [0.3, 0.4) is 0 Å². The zero-order valence-electron chi connectivity index (χ0n) is 53.1. The highest BCUT2D eigenvalue weighted by Crippen LogP contribution is 2.47. The van der Waals surface area contributed by atoms with Gasteiger partial charge in [-0.1, -0.05) is 208 Å². The molecule has 0 bridgehead atoms. The summed E-state index contributed by atoms with van der Waals surface area (Å²) in [5.74, 6) is 2.07. The first kappa shape index (κ1) is 38.8. The quantitative estimate of drug-likeness (QED) is 0.166. The molecule has 378 valence electrons. The summed E-state index contributed by atoms with van der Waals surface area (Å²) in [5.41, 5.74) is 6.28. The Bertz CT molecular complexity index is 4730. The number of nitrogens with zero attached hydrogens (tertiary/aromatic N) is 4. The lowest BCUT2D eigenvalue weighted by Crippen LogP contribution is -2.17. The van der Waals surface area contributed by atoms with Crippen LogP contribution in [0.4, 0.5) is 11.4 Å². The molecule has 3 aromatic heterocycles. The maximum atomic E-state index is 8.83. The molecule has 5 nitrogen and oxygen atoms in total. The smallest absolute Gasteiger partial charge is 0.137 e. The van der Waals surface area contributed by atoms with Gasteiger partial charge in [0.25, 0.3) is 0 Å². The number of anilines is 2. The lowest BCUT2D eigenvalue weighted by molar-refractivity contribution is 0.483. The fourth-order valence-corrected chi connectivity index (χ4v) is 11.6. The molecule has 4 heterocycles. The molecule has 9 aromatic carbocycles. The van der Waals surface area contributed by atoms with Crippen molar-refractivity contribution in [3.8, 4) is 39.6 Å². The number of hydrogen-bond acceptors (Lipinski definition) is 3. The van der Waals surface area contributed by atoms with E-state index in [9.17, 15) is 0 Å². The Morgan fingerprint density at radius 1 is 0.442 bits per heavy atom. The summed E-state index contributed by atoms with van der Waals surface area (Å²) >= 11 is 0. The Hall–Kier alpha value is -8.67. The third-order valence-electron chi connectivity index (χ3n) is 15.5. The molecule has 1 aliphatic rings. The summed E-state index contributed by atoms with van der Waals surface area (Å²) in [6, 6.07) is 69.6. The van der Waals surface area contributed by atoms with Gasteiger partial charge in [-0.05, 0) is 120 Å². The van der Waals surface area contributed by atoms with Crippen LogP contribution in [0.25, 0.3) is 93.2 Å². The van der Waals surface area contributed by atoms with Gasteiger partial charge in [0.15, 0.2) is 0 Å². The Balaban J connectivity index is 1.02. The Kier molecular flexibility index (Phi) is 9.07. The van der Waals surface area contributed by atoms with E-state index in [0.29, 0.717) is 34.9 Å². The van der Waals surface area contributed by atoms with E-state index in [-0.39, 0.29) is 11.0 Å². The molecule has 0 unspecified atom stereocenters. The molecule has 1 aliphatic heterocycles. The average molecular weight is 1010 g/mol. The topological polar surface area (TPSA) is 35.2 Å². The average Bonchev–Trinajstić information content (AvgIpc) is 0.921. The highest BCUT2D eigenvalue weighted by atomic mass is 16.5. The van der Waals surface area contributed by atoms with Crippen molar-refractivity contribution in [1.29, 1.82) is 0 Å². The molecular formula is C72H64N4O. The molecule has 0 radical (unpaired) electrons. The largest absolute Gasteiger partial charge is 0.457 e. The first-order chi connectivity index (χ1) is 40.8. The fourth-order valence-electron chi connectivity index (χ4n) is 11.6. The van der Waals surface area contributed by atoms with Gasteiger partial charge in [0, 0.05) is 63.5 Å². The van der Waals surface area contributed by atoms with E-state index in [0.717, 1.165) is 93.5 Å². The van der Waals surface area contributed by atoms with E-state index >= 15 is 0 Å². The van der Waals surface area contributed by atoms with Crippen molar-refractivity contribution in [3.63, 3.8) is 0 Å². The van der Waals surface area contributed by atoms with Crippen LogP contribution in [-0.2, 0) is 22.9 Å². The van der Waals surface area contributed by atoms with Crippen molar-refractivity contribution >= 4 is 76.5 Å². The molecule has 13 rings (SSSR count). The first-order valence-corrected chi connectivity index (χ1v) is 26.4. The minimum atomic E-state index is -3.47.